The Bertz CT molecular complexity index is 1650. The summed E-state index contributed by atoms with van der Waals surface area (Å²) < 4.78 is 16.5. The van der Waals surface area contributed by atoms with Crippen molar-refractivity contribution < 1.29 is 28.6 Å². The highest BCUT2D eigenvalue weighted by atomic mass is 16.6. The van der Waals surface area contributed by atoms with Crippen LogP contribution < -0.4 is 0 Å². The molecule has 0 heterocycles. The van der Waals surface area contributed by atoms with Gasteiger partial charge < -0.3 is 14.2 Å². The molecule has 0 spiro atoms. The zero-order valence-corrected chi connectivity index (χ0v) is 43.5. The second-order valence-corrected chi connectivity index (χ2v) is 16.7. The van der Waals surface area contributed by atoms with E-state index in [1.54, 1.807) is 6.08 Å². The van der Waals surface area contributed by atoms with Crippen LogP contribution in [0.1, 0.15) is 188 Å². The van der Waals surface area contributed by atoms with Crippen LogP contribution in [0.15, 0.2) is 170 Å². The molecule has 0 aliphatic heterocycles. The summed E-state index contributed by atoms with van der Waals surface area (Å²) in [5, 5.41) is 0. The predicted octanol–water partition coefficient (Wildman–Crippen LogP) is 18.0. The van der Waals surface area contributed by atoms with E-state index < -0.39 is 12.1 Å². The summed E-state index contributed by atoms with van der Waals surface area (Å²) in [6, 6.07) is 0. The Kier molecular flexibility index (Phi) is 51.2. The van der Waals surface area contributed by atoms with Crippen molar-refractivity contribution in [2.75, 3.05) is 13.2 Å². The lowest BCUT2D eigenvalue weighted by Crippen LogP contribution is -2.30. The molecule has 0 rings (SSSR count). The zero-order chi connectivity index (χ0) is 50.0. The summed E-state index contributed by atoms with van der Waals surface area (Å²) in [6.07, 6.45) is 82.5. The van der Waals surface area contributed by atoms with E-state index in [9.17, 15) is 14.4 Å². The lowest BCUT2D eigenvalue weighted by molar-refractivity contribution is -0.166. The summed E-state index contributed by atoms with van der Waals surface area (Å²) in [4.78, 5) is 37.7. The third-order valence-electron chi connectivity index (χ3n) is 10.2. The van der Waals surface area contributed by atoms with Gasteiger partial charge in [0.05, 0.1) is 6.42 Å². The van der Waals surface area contributed by atoms with Crippen molar-refractivity contribution in [1.29, 1.82) is 0 Å². The molecule has 382 valence electrons. The molecule has 1 atom stereocenters. The van der Waals surface area contributed by atoms with Gasteiger partial charge in [-0.05, 0) is 109 Å². The van der Waals surface area contributed by atoms with Gasteiger partial charge >= 0.3 is 17.9 Å². The first-order chi connectivity index (χ1) is 34.0. The highest BCUT2D eigenvalue weighted by Gasteiger charge is 2.19. The monoisotopic (exact) mass is 947 g/mol. The number of ether oxygens (including phenoxy) is 3. The van der Waals surface area contributed by atoms with E-state index >= 15 is 0 Å². The Morgan fingerprint density at radius 3 is 0.957 bits per heavy atom. The van der Waals surface area contributed by atoms with Crippen LogP contribution in [-0.4, -0.2) is 37.2 Å². The lowest BCUT2D eigenvalue weighted by atomic mass is 10.1. The molecule has 6 nitrogen and oxygen atoms in total. The average Bonchev–Trinajstić information content (AvgIpc) is 3.35. The van der Waals surface area contributed by atoms with Crippen LogP contribution in [0.3, 0.4) is 0 Å². The number of allylic oxidation sites excluding steroid dienone is 27. The molecule has 0 aliphatic carbocycles. The minimum absolute atomic E-state index is 0.0766. The highest BCUT2D eigenvalue weighted by Crippen LogP contribution is 2.10. The van der Waals surface area contributed by atoms with Gasteiger partial charge in [-0.2, -0.15) is 0 Å². The van der Waals surface area contributed by atoms with E-state index in [1.807, 2.05) is 6.08 Å². The van der Waals surface area contributed by atoms with Crippen LogP contribution in [-0.2, 0) is 28.6 Å². The summed E-state index contributed by atoms with van der Waals surface area (Å²) in [6.45, 7) is 6.19. The van der Waals surface area contributed by atoms with Crippen molar-refractivity contribution in [3.63, 3.8) is 0 Å². The topological polar surface area (TPSA) is 78.9 Å². The fourth-order valence-corrected chi connectivity index (χ4v) is 6.34. The number of carbonyl (C=O) groups excluding carboxylic acids is 3. The van der Waals surface area contributed by atoms with Crippen molar-refractivity contribution >= 4 is 17.9 Å². The number of carbonyl (C=O) groups is 3. The van der Waals surface area contributed by atoms with Crippen molar-refractivity contribution in [3.8, 4) is 0 Å². The Hall–Kier alpha value is -5.23. The maximum atomic E-state index is 12.7. The zero-order valence-electron chi connectivity index (χ0n) is 43.5. The molecule has 0 aromatic heterocycles. The SMILES string of the molecule is CC/C=C\C/C=C\C/C=C\C/C=C\C/C=C\C/C=C\C/C=C\C/C=C\C/C=C\CCCC(=O)OCC(COC(=O)CCCCCCCCC)OC(=O)C/C=C\C/C=C\C/C=C\C/C=C\C/C=C\CC. The predicted molar refractivity (Wildman–Crippen MR) is 297 cm³/mol. The molecular weight excluding hydrogens is 853 g/mol. The highest BCUT2D eigenvalue weighted by molar-refractivity contribution is 5.72. The minimum Gasteiger partial charge on any atom is -0.462 e. The van der Waals surface area contributed by atoms with Gasteiger partial charge in [0.1, 0.15) is 13.2 Å². The maximum Gasteiger partial charge on any atom is 0.310 e. The Morgan fingerprint density at radius 2 is 0.609 bits per heavy atom. The minimum atomic E-state index is -0.861. The van der Waals surface area contributed by atoms with E-state index in [-0.39, 0.29) is 38.0 Å². The summed E-state index contributed by atoms with van der Waals surface area (Å²) >= 11 is 0. The quantitative estimate of drug-likeness (QED) is 0.0262. The first-order valence-corrected chi connectivity index (χ1v) is 26.6. The van der Waals surface area contributed by atoms with E-state index in [0.717, 1.165) is 109 Å². The Balaban J connectivity index is 4.43. The van der Waals surface area contributed by atoms with Gasteiger partial charge in [-0.15, -0.1) is 0 Å². The summed E-state index contributed by atoms with van der Waals surface area (Å²) in [5.74, 6) is -1.16. The lowest BCUT2D eigenvalue weighted by Gasteiger charge is -2.18. The van der Waals surface area contributed by atoms with Gasteiger partial charge in [0.15, 0.2) is 6.10 Å². The molecule has 0 aliphatic rings. The largest absolute Gasteiger partial charge is 0.462 e. The fraction of sp³-hybridized carbons (Fsp3) is 0.508. The van der Waals surface area contributed by atoms with Crippen LogP contribution in [0.4, 0.5) is 0 Å². The summed E-state index contributed by atoms with van der Waals surface area (Å²) in [7, 11) is 0. The molecule has 6 heteroatoms. The van der Waals surface area contributed by atoms with E-state index in [0.29, 0.717) is 19.3 Å². The second-order valence-electron chi connectivity index (χ2n) is 16.7. The maximum absolute atomic E-state index is 12.7. The average molecular weight is 947 g/mol. The van der Waals surface area contributed by atoms with Crippen molar-refractivity contribution in [3.05, 3.63) is 170 Å². The number of unbranched alkanes of at least 4 members (excludes halogenated alkanes) is 7. The molecule has 0 fully saturated rings. The molecule has 0 radical (unpaired) electrons. The first-order valence-electron chi connectivity index (χ1n) is 26.6. The second kappa shape index (κ2) is 55.4. The Labute approximate surface area is 422 Å². The first kappa shape index (κ1) is 63.8. The van der Waals surface area contributed by atoms with Crippen molar-refractivity contribution in [2.45, 2.75) is 194 Å². The molecule has 0 saturated heterocycles. The molecule has 69 heavy (non-hydrogen) atoms. The Morgan fingerprint density at radius 1 is 0.319 bits per heavy atom. The molecular formula is C63H94O6. The number of hydrogen-bond donors (Lipinski definition) is 0. The van der Waals surface area contributed by atoms with Gasteiger partial charge in [-0.1, -0.05) is 229 Å². The van der Waals surface area contributed by atoms with E-state index in [1.165, 1.54) is 25.7 Å². The molecule has 0 aromatic carbocycles. The third-order valence-corrected chi connectivity index (χ3v) is 10.2. The van der Waals surface area contributed by atoms with Gasteiger partial charge in [-0.25, -0.2) is 0 Å². The van der Waals surface area contributed by atoms with Gasteiger partial charge in [0.2, 0.25) is 0 Å². The van der Waals surface area contributed by atoms with Crippen LogP contribution in [0, 0.1) is 0 Å². The van der Waals surface area contributed by atoms with Crippen LogP contribution in [0.5, 0.6) is 0 Å². The molecule has 1 unspecified atom stereocenters. The molecule has 0 aromatic rings. The van der Waals surface area contributed by atoms with Gasteiger partial charge in [0, 0.05) is 12.8 Å². The number of esters is 3. The van der Waals surface area contributed by atoms with E-state index in [2.05, 4.69) is 179 Å². The van der Waals surface area contributed by atoms with Crippen LogP contribution in [0.2, 0.25) is 0 Å². The molecule has 0 N–H and O–H groups in total. The standard InChI is InChI=1S/C63H94O6/c1-4-7-10-13-16-18-20-22-24-25-26-27-28-29-30-31-32-33-34-35-36-37-39-40-42-44-47-50-53-56-62(65)68-59-60(58-67-61(64)55-52-49-46-15-12-9-6-3)69-63(66)57-54-51-48-45-43-41-38-23-21-19-17-14-11-8-5-2/h7-8,10-11,16-19,22-24,26-27,29-30,32-33,35-36,38-40,43-45,47,51,54,60H,4-6,9,12-15,20-21,25,28,31,34,37,41-42,46,48-50,52-53,55-59H2,1-3H3/b10-7-,11-8-,18-16-,19-17-,24-22-,27-26-,30-29-,33-32-,36-35-,38-23-,40-39-,45-43-,47-44-,54-51-. The van der Waals surface area contributed by atoms with Crippen molar-refractivity contribution in [2.24, 2.45) is 0 Å². The molecule has 0 amide bonds. The van der Waals surface area contributed by atoms with E-state index in [4.69, 9.17) is 14.2 Å². The number of rotatable bonds is 45. The van der Waals surface area contributed by atoms with Gasteiger partial charge in [-0.3, -0.25) is 14.4 Å². The van der Waals surface area contributed by atoms with Crippen LogP contribution in [0.25, 0.3) is 0 Å². The molecule has 0 bridgehead atoms. The smallest absolute Gasteiger partial charge is 0.310 e. The van der Waals surface area contributed by atoms with Gasteiger partial charge in [0.25, 0.3) is 0 Å². The molecule has 0 saturated carbocycles. The normalized spacial score (nSPS) is 13.5. The van der Waals surface area contributed by atoms with Crippen molar-refractivity contribution in [1.82, 2.24) is 0 Å². The summed E-state index contributed by atoms with van der Waals surface area (Å²) in [5.41, 5.74) is 0. The van der Waals surface area contributed by atoms with Crippen LogP contribution >= 0.6 is 0 Å². The third kappa shape index (κ3) is 53.6. The number of hydrogen-bond acceptors (Lipinski definition) is 6. The fourth-order valence-electron chi connectivity index (χ4n) is 6.34.